The molecule has 80 valence electrons. The molecule has 1 aromatic carbocycles. The molecule has 0 fully saturated rings. The third-order valence-electron chi connectivity index (χ3n) is 2.56. The molecule has 2 nitrogen and oxygen atoms in total. The van der Waals surface area contributed by atoms with Crippen molar-refractivity contribution in [2.75, 3.05) is 0 Å². The maximum Gasteiger partial charge on any atom is 0.207 e. The smallest absolute Gasteiger partial charge is 0.207 e. The zero-order chi connectivity index (χ0) is 11.0. The second-order valence-electron chi connectivity index (χ2n) is 3.88. The first-order valence-electron chi connectivity index (χ1n) is 5.14. The van der Waals surface area contributed by atoms with Crippen LogP contribution in [0.25, 0.3) is 0 Å². The second-order valence-corrected chi connectivity index (χ2v) is 4.29. The number of carbonyl (C=O) groups excluding carboxylic acids is 1. The second kappa shape index (κ2) is 3.86. The lowest BCUT2D eigenvalue weighted by Gasteiger charge is -2.07. The quantitative estimate of drug-likeness (QED) is 0.770. The Labute approximate surface area is 94.2 Å². The Morgan fingerprint density at radius 3 is 2.87 bits per heavy atom. The lowest BCUT2D eigenvalue weighted by Crippen LogP contribution is -2.19. The number of rotatable bonds is 2. The highest BCUT2D eigenvalue weighted by Crippen LogP contribution is 2.37. The number of hydrogen-bond donors (Lipinski definition) is 0. The van der Waals surface area contributed by atoms with E-state index in [9.17, 15) is 4.79 Å². The molecule has 2 rings (SSSR count). The number of carbonyl (C=O) groups is 1. The van der Waals surface area contributed by atoms with E-state index < -0.39 is 0 Å². The Kier molecular flexibility index (Phi) is 2.70. The molecule has 0 amide bonds. The molecule has 0 spiro atoms. The SMILES string of the molecule is CCCC1Oc2c(Cl)cc(C)cc2C1=O. The van der Waals surface area contributed by atoms with Crippen molar-refractivity contribution < 1.29 is 9.53 Å². The molecular formula is C12H13ClO2. The van der Waals surface area contributed by atoms with Crippen molar-refractivity contribution >= 4 is 17.4 Å². The largest absolute Gasteiger partial charge is 0.480 e. The monoisotopic (exact) mass is 224 g/mol. The number of hydrogen-bond acceptors (Lipinski definition) is 2. The number of benzene rings is 1. The standard InChI is InChI=1S/C12H13ClO2/c1-3-4-10-11(14)8-5-7(2)6-9(13)12(8)15-10/h5-6,10H,3-4H2,1-2H3. The molecule has 0 saturated heterocycles. The highest BCUT2D eigenvalue weighted by molar-refractivity contribution is 6.33. The Hall–Kier alpha value is -1.02. The molecular weight excluding hydrogens is 212 g/mol. The minimum Gasteiger partial charge on any atom is -0.480 e. The van der Waals surface area contributed by atoms with E-state index >= 15 is 0 Å². The van der Waals surface area contributed by atoms with Gasteiger partial charge in [0.2, 0.25) is 5.78 Å². The third kappa shape index (κ3) is 1.74. The summed E-state index contributed by atoms with van der Waals surface area (Å²) < 4.78 is 5.56. The molecule has 0 aliphatic carbocycles. The predicted molar refractivity (Wildman–Crippen MR) is 59.8 cm³/mol. The predicted octanol–water partition coefficient (Wildman–Crippen LogP) is 3.39. The normalized spacial score (nSPS) is 18.9. The van der Waals surface area contributed by atoms with Gasteiger partial charge >= 0.3 is 0 Å². The maximum atomic E-state index is 11.9. The van der Waals surface area contributed by atoms with E-state index in [2.05, 4.69) is 0 Å². The van der Waals surface area contributed by atoms with E-state index in [4.69, 9.17) is 16.3 Å². The van der Waals surface area contributed by atoms with Crippen LogP contribution in [-0.4, -0.2) is 11.9 Å². The van der Waals surface area contributed by atoms with Crippen LogP contribution >= 0.6 is 11.6 Å². The van der Waals surface area contributed by atoms with E-state index in [1.54, 1.807) is 0 Å². The van der Waals surface area contributed by atoms with Crippen LogP contribution in [0, 0.1) is 6.92 Å². The van der Waals surface area contributed by atoms with E-state index in [1.165, 1.54) is 0 Å². The number of aryl methyl sites for hydroxylation is 1. The van der Waals surface area contributed by atoms with Crippen LogP contribution in [0.5, 0.6) is 5.75 Å². The van der Waals surface area contributed by atoms with Gasteiger partial charge in [0, 0.05) is 0 Å². The fraction of sp³-hybridized carbons (Fsp3) is 0.417. The summed E-state index contributed by atoms with van der Waals surface area (Å²) in [6.07, 6.45) is 1.36. The van der Waals surface area contributed by atoms with Crippen molar-refractivity contribution in [1.82, 2.24) is 0 Å². The summed E-state index contributed by atoms with van der Waals surface area (Å²) in [5, 5.41) is 0.539. The molecule has 0 saturated carbocycles. The van der Waals surface area contributed by atoms with E-state index in [1.807, 2.05) is 26.0 Å². The molecule has 1 aliphatic rings. The van der Waals surface area contributed by atoms with Gasteiger partial charge in [0.1, 0.15) is 5.75 Å². The summed E-state index contributed by atoms with van der Waals surface area (Å²) in [6.45, 7) is 3.96. The highest BCUT2D eigenvalue weighted by Gasteiger charge is 2.33. The zero-order valence-corrected chi connectivity index (χ0v) is 9.60. The lowest BCUT2D eigenvalue weighted by atomic mass is 10.0. The number of ether oxygens (including phenoxy) is 1. The van der Waals surface area contributed by atoms with Crippen molar-refractivity contribution in [3.05, 3.63) is 28.3 Å². The summed E-state index contributed by atoms with van der Waals surface area (Å²) in [5.74, 6) is 0.628. The van der Waals surface area contributed by atoms with Gasteiger partial charge in [-0.2, -0.15) is 0 Å². The van der Waals surface area contributed by atoms with Gasteiger partial charge in [-0.3, -0.25) is 4.79 Å². The van der Waals surface area contributed by atoms with E-state index in [0.717, 1.165) is 18.4 Å². The summed E-state index contributed by atoms with van der Waals surface area (Å²) in [6, 6.07) is 3.67. The van der Waals surface area contributed by atoms with Crippen molar-refractivity contribution in [3.8, 4) is 5.75 Å². The van der Waals surface area contributed by atoms with Crippen LogP contribution < -0.4 is 4.74 Å². The van der Waals surface area contributed by atoms with Crippen LogP contribution in [0.1, 0.15) is 35.7 Å². The Bertz CT molecular complexity index is 412. The first-order valence-corrected chi connectivity index (χ1v) is 5.52. The Balaban J connectivity index is 2.41. The molecule has 1 aromatic rings. The molecule has 0 N–H and O–H groups in total. The first kappa shape index (κ1) is 10.5. The first-order chi connectivity index (χ1) is 7.13. The minimum atomic E-state index is -0.329. The van der Waals surface area contributed by atoms with Crippen molar-refractivity contribution in [2.24, 2.45) is 0 Å². The summed E-state index contributed by atoms with van der Waals surface area (Å²) in [4.78, 5) is 11.9. The molecule has 1 aliphatic heterocycles. The average molecular weight is 225 g/mol. The number of halogens is 1. The fourth-order valence-corrected chi connectivity index (χ4v) is 2.17. The molecule has 1 heterocycles. The van der Waals surface area contributed by atoms with Gasteiger partial charge in [0.15, 0.2) is 6.10 Å². The minimum absolute atomic E-state index is 0.0671. The van der Waals surface area contributed by atoms with Gasteiger partial charge in [-0.25, -0.2) is 0 Å². The van der Waals surface area contributed by atoms with Crippen molar-refractivity contribution in [3.63, 3.8) is 0 Å². The average Bonchev–Trinajstić information content (AvgIpc) is 2.47. The van der Waals surface area contributed by atoms with Crippen molar-refractivity contribution in [2.45, 2.75) is 32.8 Å². The van der Waals surface area contributed by atoms with Gasteiger partial charge in [0.05, 0.1) is 10.6 Å². The van der Waals surface area contributed by atoms with Crippen LogP contribution in [0.15, 0.2) is 12.1 Å². The number of Topliss-reactive ketones (excluding diaryl/α,β-unsaturated/α-hetero) is 1. The summed E-state index contributed by atoms with van der Waals surface area (Å²) in [7, 11) is 0. The number of ketones is 1. The molecule has 0 aromatic heterocycles. The Morgan fingerprint density at radius 2 is 2.20 bits per heavy atom. The topological polar surface area (TPSA) is 26.3 Å². The van der Waals surface area contributed by atoms with Crippen molar-refractivity contribution in [1.29, 1.82) is 0 Å². The lowest BCUT2D eigenvalue weighted by molar-refractivity contribution is 0.0845. The zero-order valence-electron chi connectivity index (χ0n) is 8.84. The molecule has 1 unspecified atom stereocenters. The van der Waals surface area contributed by atoms with E-state index in [-0.39, 0.29) is 11.9 Å². The van der Waals surface area contributed by atoms with Crippen LogP contribution in [0.2, 0.25) is 5.02 Å². The summed E-state index contributed by atoms with van der Waals surface area (Å²) >= 11 is 6.03. The van der Waals surface area contributed by atoms with Gasteiger partial charge in [-0.05, 0) is 31.0 Å². The van der Waals surface area contributed by atoms with Gasteiger partial charge in [-0.15, -0.1) is 0 Å². The van der Waals surface area contributed by atoms with Gasteiger partial charge in [-0.1, -0.05) is 24.9 Å². The molecule has 1 atom stereocenters. The van der Waals surface area contributed by atoms with Gasteiger partial charge < -0.3 is 4.74 Å². The highest BCUT2D eigenvalue weighted by atomic mass is 35.5. The van der Waals surface area contributed by atoms with E-state index in [0.29, 0.717) is 16.3 Å². The van der Waals surface area contributed by atoms with Crippen LogP contribution in [0.3, 0.4) is 0 Å². The number of fused-ring (bicyclic) bond motifs is 1. The Morgan fingerprint density at radius 1 is 1.47 bits per heavy atom. The summed E-state index contributed by atoms with van der Waals surface area (Å²) in [5.41, 5.74) is 1.63. The molecule has 0 bridgehead atoms. The van der Waals surface area contributed by atoms with Gasteiger partial charge in [0.25, 0.3) is 0 Å². The molecule has 15 heavy (non-hydrogen) atoms. The molecule has 3 heteroatoms. The maximum absolute atomic E-state index is 11.9. The van der Waals surface area contributed by atoms with Crippen LogP contribution in [0.4, 0.5) is 0 Å². The fourth-order valence-electron chi connectivity index (χ4n) is 1.85. The molecule has 0 radical (unpaired) electrons. The third-order valence-corrected chi connectivity index (χ3v) is 2.84. The van der Waals surface area contributed by atoms with Crippen LogP contribution in [-0.2, 0) is 0 Å².